The average molecular weight is 209 g/mol. The lowest BCUT2D eigenvalue weighted by Crippen LogP contribution is -2.22. The molecule has 0 fully saturated rings. The Balaban J connectivity index is 2.62. The van der Waals surface area contributed by atoms with Gasteiger partial charge in [-0.2, -0.15) is 0 Å². The Bertz CT molecular complexity index is 341. The lowest BCUT2D eigenvalue weighted by atomic mass is 10.1. The van der Waals surface area contributed by atoms with E-state index in [1.54, 1.807) is 6.07 Å². The monoisotopic (exact) mass is 209 g/mol. The van der Waals surface area contributed by atoms with Gasteiger partial charge in [0.25, 0.3) is 0 Å². The molecule has 1 rings (SSSR count). The standard InChI is InChI=1S/C10H15N3O2/c1-3-8(5-10(14)15)13-9-4-7(2)11-6-12-9/h4,6,8H,3,5H2,1-2H3,(H,14,15)(H,11,12,13). The first-order chi connectivity index (χ1) is 7.11. The van der Waals surface area contributed by atoms with Crippen molar-refractivity contribution < 1.29 is 9.90 Å². The average Bonchev–Trinajstić information content (AvgIpc) is 2.16. The van der Waals surface area contributed by atoms with Crippen molar-refractivity contribution >= 4 is 11.8 Å². The molecule has 15 heavy (non-hydrogen) atoms. The van der Waals surface area contributed by atoms with E-state index in [1.807, 2.05) is 13.8 Å². The predicted octanol–water partition coefficient (Wildman–Crippen LogP) is 1.45. The van der Waals surface area contributed by atoms with Crippen LogP contribution in [0.3, 0.4) is 0 Å². The highest BCUT2D eigenvalue weighted by atomic mass is 16.4. The van der Waals surface area contributed by atoms with Crippen molar-refractivity contribution in [2.45, 2.75) is 32.7 Å². The summed E-state index contributed by atoms with van der Waals surface area (Å²) in [6.07, 6.45) is 2.31. The Morgan fingerprint density at radius 1 is 1.60 bits per heavy atom. The second-order valence-electron chi connectivity index (χ2n) is 3.39. The van der Waals surface area contributed by atoms with Gasteiger partial charge in [0.1, 0.15) is 12.1 Å². The Morgan fingerprint density at radius 3 is 2.87 bits per heavy atom. The van der Waals surface area contributed by atoms with Crippen molar-refractivity contribution in [1.82, 2.24) is 9.97 Å². The van der Waals surface area contributed by atoms with E-state index in [4.69, 9.17) is 5.11 Å². The van der Waals surface area contributed by atoms with Gasteiger partial charge in [-0.05, 0) is 13.3 Å². The topological polar surface area (TPSA) is 75.1 Å². The van der Waals surface area contributed by atoms with Gasteiger partial charge in [0, 0.05) is 17.8 Å². The third kappa shape index (κ3) is 3.93. The summed E-state index contributed by atoms with van der Waals surface area (Å²) in [6, 6.07) is 1.71. The summed E-state index contributed by atoms with van der Waals surface area (Å²) in [4.78, 5) is 18.5. The van der Waals surface area contributed by atoms with E-state index >= 15 is 0 Å². The number of carboxylic acids is 1. The number of carbonyl (C=O) groups is 1. The third-order valence-corrected chi connectivity index (χ3v) is 2.07. The Morgan fingerprint density at radius 2 is 2.33 bits per heavy atom. The van der Waals surface area contributed by atoms with Gasteiger partial charge in [0.15, 0.2) is 0 Å². The summed E-state index contributed by atoms with van der Waals surface area (Å²) in [6.45, 7) is 3.81. The predicted molar refractivity (Wildman–Crippen MR) is 56.7 cm³/mol. The van der Waals surface area contributed by atoms with E-state index in [0.29, 0.717) is 5.82 Å². The number of aliphatic carboxylic acids is 1. The highest BCUT2D eigenvalue weighted by molar-refractivity contribution is 5.68. The minimum atomic E-state index is -0.805. The van der Waals surface area contributed by atoms with Crippen LogP contribution >= 0.6 is 0 Å². The summed E-state index contributed by atoms with van der Waals surface area (Å²) in [5, 5.41) is 11.7. The quantitative estimate of drug-likeness (QED) is 0.767. The van der Waals surface area contributed by atoms with Gasteiger partial charge < -0.3 is 10.4 Å². The second kappa shape index (κ2) is 5.29. The van der Waals surface area contributed by atoms with Crippen molar-refractivity contribution in [3.05, 3.63) is 18.1 Å². The first kappa shape index (κ1) is 11.4. The zero-order chi connectivity index (χ0) is 11.3. The SMILES string of the molecule is CCC(CC(=O)O)Nc1cc(C)ncn1. The Hall–Kier alpha value is -1.65. The molecule has 5 nitrogen and oxygen atoms in total. The number of anilines is 1. The van der Waals surface area contributed by atoms with Crippen LogP contribution in [0.1, 0.15) is 25.5 Å². The first-order valence-electron chi connectivity index (χ1n) is 4.88. The molecule has 5 heteroatoms. The first-order valence-corrected chi connectivity index (χ1v) is 4.88. The van der Waals surface area contributed by atoms with E-state index < -0.39 is 5.97 Å². The number of aromatic nitrogens is 2. The van der Waals surface area contributed by atoms with Gasteiger partial charge in [-0.3, -0.25) is 4.79 Å². The maximum Gasteiger partial charge on any atom is 0.305 e. The largest absolute Gasteiger partial charge is 0.481 e. The van der Waals surface area contributed by atoms with Crippen molar-refractivity contribution in [2.24, 2.45) is 0 Å². The Kier molecular flexibility index (Phi) is 4.03. The van der Waals surface area contributed by atoms with Crippen LogP contribution in [0.5, 0.6) is 0 Å². The van der Waals surface area contributed by atoms with E-state index in [1.165, 1.54) is 6.33 Å². The molecule has 1 aromatic heterocycles. The fraction of sp³-hybridized carbons (Fsp3) is 0.500. The van der Waals surface area contributed by atoms with Crippen LogP contribution in [0, 0.1) is 6.92 Å². The van der Waals surface area contributed by atoms with Gasteiger partial charge in [-0.25, -0.2) is 9.97 Å². The lowest BCUT2D eigenvalue weighted by molar-refractivity contribution is -0.137. The minimum absolute atomic E-state index is 0.0863. The van der Waals surface area contributed by atoms with Crippen LogP contribution in [-0.4, -0.2) is 27.1 Å². The molecule has 0 bridgehead atoms. The van der Waals surface area contributed by atoms with Crippen LogP contribution in [0.15, 0.2) is 12.4 Å². The number of nitrogens with one attached hydrogen (secondary N) is 1. The highest BCUT2D eigenvalue weighted by Gasteiger charge is 2.11. The molecule has 2 N–H and O–H groups in total. The molecule has 0 radical (unpaired) electrons. The number of aryl methyl sites for hydroxylation is 1. The number of carboxylic acid groups (broad SMARTS) is 1. The smallest absolute Gasteiger partial charge is 0.305 e. The maximum absolute atomic E-state index is 10.6. The molecular formula is C10H15N3O2. The molecule has 0 aliphatic heterocycles. The van der Waals surface area contributed by atoms with Gasteiger partial charge in [0.2, 0.25) is 0 Å². The molecule has 1 heterocycles. The zero-order valence-corrected chi connectivity index (χ0v) is 8.90. The van der Waals surface area contributed by atoms with Crippen LogP contribution in [-0.2, 0) is 4.79 Å². The number of nitrogens with zero attached hydrogens (tertiary/aromatic N) is 2. The zero-order valence-electron chi connectivity index (χ0n) is 8.90. The van der Waals surface area contributed by atoms with Crippen LogP contribution in [0.4, 0.5) is 5.82 Å². The molecule has 1 unspecified atom stereocenters. The molecule has 0 saturated carbocycles. The summed E-state index contributed by atoms with van der Waals surface area (Å²) in [5.41, 5.74) is 0.859. The normalized spacial score (nSPS) is 12.1. The van der Waals surface area contributed by atoms with Crippen LogP contribution in [0.25, 0.3) is 0 Å². The molecule has 0 amide bonds. The van der Waals surface area contributed by atoms with Crippen molar-refractivity contribution in [1.29, 1.82) is 0 Å². The molecular weight excluding hydrogens is 194 g/mol. The van der Waals surface area contributed by atoms with Gasteiger partial charge in [-0.1, -0.05) is 6.92 Å². The number of rotatable bonds is 5. The van der Waals surface area contributed by atoms with Gasteiger partial charge in [0.05, 0.1) is 6.42 Å². The van der Waals surface area contributed by atoms with E-state index in [0.717, 1.165) is 12.1 Å². The highest BCUT2D eigenvalue weighted by Crippen LogP contribution is 2.09. The fourth-order valence-electron chi connectivity index (χ4n) is 1.25. The summed E-state index contributed by atoms with van der Waals surface area (Å²) in [7, 11) is 0. The molecule has 0 aliphatic rings. The van der Waals surface area contributed by atoms with E-state index in [-0.39, 0.29) is 12.5 Å². The van der Waals surface area contributed by atoms with E-state index in [9.17, 15) is 4.79 Å². The maximum atomic E-state index is 10.6. The Labute approximate surface area is 88.6 Å². The molecule has 0 aromatic carbocycles. The summed E-state index contributed by atoms with van der Waals surface area (Å²) < 4.78 is 0. The molecule has 1 atom stereocenters. The summed E-state index contributed by atoms with van der Waals surface area (Å²) in [5.74, 6) is -0.129. The summed E-state index contributed by atoms with van der Waals surface area (Å²) >= 11 is 0. The fourth-order valence-corrected chi connectivity index (χ4v) is 1.25. The molecule has 0 spiro atoms. The van der Waals surface area contributed by atoms with Crippen molar-refractivity contribution in [2.75, 3.05) is 5.32 Å². The number of hydrogen-bond donors (Lipinski definition) is 2. The van der Waals surface area contributed by atoms with Gasteiger partial charge in [-0.15, -0.1) is 0 Å². The van der Waals surface area contributed by atoms with Crippen molar-refractivity contribution in [3.8, 4) is 0 Å². The van der Waals surface area contributed by atoms with Gasteiger partial charge >= 0.3 is 5.97 Å². The molecule has 0 saturated heterocycles. The molecule has 0 aliphatic carbocycles. The van der Waals surface area contributed by atoms with E-state index in [2.05, 4.69) is 15.3 Å². The number of hydrogen-bond acceptors (Lipinski definition) is 4. The molecule has 82 valence electrons. The third-order valence-electron chi connectivity index (χ3n) is 2.07. The van der Waals surface area contributed by atoms with Crippen LogP contribution in [0.2, 0.25) is 0 Å². The lowest BCUT2D eigenvalue weighted by Gasteiger charge is -2.15. The minimum Gasteiger partial charge on any atom is -0.481 e. The molecule has 1 aromatic rings. The second-order valence-corrected chi connectivity index (χ2v) is 3.39. The van der Waals surface area contributed by atoms with Crippen molar-refractivity contribution in [3.63, 3.8) is 0 Å². The van der Waals surface area contributed by atoms with Crippen LogP contribution < -0.4 is 5.32 Å².